The second-order valence-corrected chi connectivity index (χ2v) is 7.54. The highest BCUT2D eigenvalue weighted by Crippen LogP contribution is 2.28. The summed E-state index contributed by atoms with van der Waals surface area (Å²) >= 11 is 0. The van der Waals surface area contributed by atoms with E-state index in [-0.39, 0.29) is 31.1 Å². The van der Waals surface area contributed by atoms with Gasteiger partial charge in [-0.15, -0.1) is 0 Å². The lowest BCUT2D eigenvalue weighted by atomic mass is 10.1. The molecular weight excluding hydrogens is 380 g/mol. The van der Waals surface area contributed by atoms with E-state index in [1.165, 1.54) is 0 Å². The van der Waals surface area contributed by atoms with Crippen LogP contribution in [0.2, 0.25) is 0 Å². The molecule has 7 heteroatoms. The molecular formula is C23H30N4O3. The third-order valence-electron chi connectivity index (χ3n) is 5.38. The number of aliphatic hydroxyl groups is 2. The summed E-state index contributed by atoms with van der Waals surface area (Å²) in [5.74, 6) is 0.267. The van der Waals surface area contributed by atoms with E-state index in [1.54, 1.807) is 6.20 Å². The molecule has 0 bridgehead atoms. The molecule has 0 fully saturated rings. The topological polar surface area (TPSA) is 97.7 Å². The molecule has 30 heavy (non-hydrogen) atoms. The van der Waals surface area contributed by atoms with E-state index < -0.39 is 6.04 Å². The number of nitrogens with one attached hydrogen (secondary N) is 2. The van der Waals surface area contributed by atoms with Crippen LogP contribution in [-0.2, 0) is 4.79 Å². The van der Waals surface area contributed by atoms with Crippen molar-refractivity contribution in [1.29, 1.82) is 0 Å². The number of aromatic nitrogens is 1. The number of carbonyl (C=O) groups is 1. The van der Waals surface area contributed by atoms with Crippen molar-refractivity contribution < 1.29 is 15.0 Å². The predicted molar refractivity (Wildman–Crippen MR) is 118 cm³/mol. The van der Waals surface area contributed by atoms with Gasteiger partial charge in [-0.25, -0.2) is 4.98 Å². The Labute approximate surface area is 177 Å². The molecule has 0 saturated carbocycles. The minimum atomic E-state index is -0.427. The fourth-order valence-corrected chi connectivity index (χ4v) is 3.48. The van der Waals surface area contributed by atoms with Crippen molar-refractivity contribution in [1.82, 2.24) is 10.3 Å². The molecule has 160 valence electrons. The van der Waals surface area contributed by atoms with Crippen molar-refractivity contribution >= 4 is 17.4 Å². The molecule has 4 N–H and O–H groups in total. The predicted octanol–water partition coefficient (Wildman–Crippen LogP) is 2.37. The van der Waals surface area contributed by atoms with Crippen molar-refractivity contribution in [3.05, 3.63) is 66.0 Å². The van der Waals surface area contributed by atoms with Gasteiger partial charge in [-0.1, -0.05) is 43.3 Å². The molecule has 7 nitrogen and oxygen atoms in total. The van der Waals surface area contributed by atoms with Gasteiger partial charge in [0.2, 0.25) is 5.91 Å². The third-order valence-corrected chi connectivity index (χ3v) is 5.38. The second kappa shape index (κ2) is 10.2. The van der Waals surface area contributed by atoms with Crippen LogP contribution in [0.25, 0.3) is 0 Å². The number of hydrogen-bond donors (Lipinski definition) is 4. The summed E-state index contributed by atoms with van der Waals surface area (Å²) in [6.45, 7) is 4.39. The first-order valence-electron chi connectivity index (χ1n) is 10.3. The number of aryl methyl sites for hydroxylation is 1. The zero-order valence-corrected chi connectivity index (χ0v) is 17.5. The van der Waals surface area contributed by atoms with Crippen LogP contribution in [0.3, 0.4) is 0 Å². The molecule has 0 saturated heterocycles. The van der Waals surface area contributed by atoms with Crippen LogP contribution >= 0.6 is 0 Å². The zero-order valence-electron chi connectivity index (χ0n) is 17.5. The maximum Gasteiger partial charge on any atom is 0.229 e. The van der Waals surface area contributed by atoms with Crippen molar-refractivity contribution in [3.8, 4) is 0 Å². The Hall–Kier alpha value is -2.90. The Kier molecular flexibility index (Phi) is 7.43. The number of hydrogen-bond acceptors (Lipinski definition) is 6. The molecule has 3 atom stereocenters. The summed E-state index contributed by atoms with van der Waals surface area (Å²) in [7, 11) is 0. The van der Waals surface area contributed by atoms with Crippen LogP contribution in [0.4, 0.5) is 11.5 Å². The van der Waals surface area contributed by atoms with E-state index in [2.05, 4.69) is 15.6 Å². The summed E-state index contributed by atoms with van der Waals surface area (Å²) in [5.41, 5.74) is 2.84. The van der Waals surface area contributed by atoms with Crippen LogP contribution in [0.15, 0.2) is 54.9 Å². The van der Waals surface area contributed by atoms with Gasteiger partial charge < -0.3 is 25.7 Å². The fourth-order valence-electron chi connectivity index (χ4n) is 3.48. The molecule has 1 aliphatic rings. The molecule has 0 aliphatic carbocycles. The second-order valence-electron chi connectivity index (χ2n) is 7.54. The van der Waals surface area contributed by atoms with E-state index in [4.69, 9.17) is 0 Å². The average molecular weight is 411 g/mol. The van der Waals surface area contributed by atoms with E-state index in [1.807, 2.05) is 67.4 Å². The van der Waals surface area contributed by atoms with E-state index >= 15 is 0 Å². The van der Waals surface area contributed by atoms with Gasteiger partial charge in [0.25, 0.3) is 0 Å². The van der Waals surface area contributed by atoms with Crippen LogP contribution in [0, 0.1) is 12.8 Å². The molecule has 1 aliphatic heterocycles. The highest BCUT2D eigenvalue weighted by atomic mass is 16.3. The number of amides is 1. The molecule has 1 amide bonds. The lowest BCUT2D eigenvalue weighted by molar-refractivity contribution is -0.124. The minimum Gasteiger partial charge on any atom is -0.394 e. The number of benzene rings is 1. The highest BCUT2D eigenvalue weighted by molar-refractivity contribution is 5.83. The summed E-state index contributed by atoms with van der Waals surface area (Å²) < 4.78 is 0. The van der Waals surface area contributed by atoms with Crippen molar-refractivity contribution in [2.24, 2.45) is 5.92 Å². The quantitative estimate of drug-likeness (QED) is 0.507. The Morgan fingerprint density at radius 2 is 2.03 bits per heavy atom. The molecule has 0 radical (unpaired) electrons. The van der Waals surface area contributed by atoms with E-state index in [0.717, 1.165) is 23.2 Å². The van der Waals surface area contributed by atoms with Gasteiger partial charge in [-0.2, -0.15) is 0 Å². The Morgan fingerprint density at radius 1 is 1.27 bits per heavy atom. The first kappa shape index (κ1) is 21.8. The monoisotopic (exact) mass is 410 g/mol. The minimum absolute atomic E-state index is 0.0424. The van der Waals surface area contributed by atoms with Gasteiger partial charge >= 0.3 is 0 Å². The zero-order chi connectivity index (χ0) is 21.5. The van der Waals surface area contributed by atoms with Crippen LogP contribution in [-0.4, -0.2) is 46.9 Å². The van der Waals surface area contributed by atoms with Gasteiger partial charge in [-0.3, -0.25) is 4.79 Å². The lowest BCUT2D eigenvalue weighted by Gasteiger charge is -2.23. The van der Waals surface area contributed by atoms with Crippen molar-refractivity contribution in [2.75, 3.05) is 30.0 Å². The normalized spacial score (nSPS) is 17.6. The van der Waals surface area contributed by atoms with Gasteiger partial charge in [0, 0.05) is 30.7 Å². The number of anilines is 2. The summed E-state index contributed by atoms with van der Waals surface area (Å²) in [6.07, 6.45) is 6.38. The standard InChI is InChI=1S/C23H30N4O3/c1-3-19(14-28)25-22-11-21(16(2)12-24-22)27-10-9-18(13-27)23(30)26-20(15-29)17-7-5-4-6-8-17/h4-12,18-20,28-29H,3,13-15H2,1-2H3,(H,24,25)(H,26,30)/t18?,19-,20?/m0/s1. The molecule has 2 heterocycles. The Balaban J connectivity index is 1.66. The highest BCUT2D eigenvalue weighted by Gasteiger charge is 2.27. The molecule has 3 rings (SSSR count). The average Bonchev–Trinajstić information content (AvgIpc) is 3.27. The maximum atomic E-state index is 12.8. The number of pyridine rings is 1. The van der Waals surface area contributed by atoms with Crippen LogP contribution < -0.4 is 15.5 Å². The first-order chi connectivity index (χ1) is 14.5. The lowest BCUT2D eigenvalue weighted by Crippen LogP contribution is -2.37. The molecule has 1 aromatic heterocycles. The van der Waals surface area contributed by atoms with Crippen molar-refractivity contribution in [3.63, 3.8) is 0 Å². The number of rotatable bonds is 9. The van der Waals surface area contributed by atoms with Gasteiger partial charge in [0.05, 0.1) is 31.2 Å². The van der Waals surface area contributed by atoms with Gasteiger partial charge in [-0.05, 0) is 24.5 Å². The van der Waals surface area contributed by atoms with Crippen LogP contribution in [0.5, 0.6) is 0 Å². The maximum absolute atomic E-state index is 12.8. The van der Waals surface area contributed by atoms with E-state index in [9.17, 15) is 15.0 Å². The van der Waals surface area contributed by atoms with E-state index in [0.29, 0.717) is 12.4 Å². The molecule has 1 aromatic carbocycles. The van der Waals surface area contributed by atoms with Crippen molar-refractivity contribution in [2.45, 2.75) is 32.4 Å². The van der Waals surface area contributed by atoms with Gasteiger partial charge in [0.1, 0.15) is 5.82 Å². The smallest absolute Gasteiger partial charge is 0.229 e. The first-order valence-corrected chi connectivity index (χ1v) is 10.3. The summed E-state index contributed by atoms with van der Waals surface area (Å²) in [5, 5.41) is 25.3. The van der Waals surface area contributed by atoms with Crippen LogP contribution in [0.1, 0.15) is 30.5 Å². The largest absolute Gasteiger partial charge is 0.394 e. The SMILES string of the molecule is CC[C@@H](CO)Nc1cc(N2C=CC(C(=O)NC(CO)c3ccccc3)C2)c(C)cn1. The molecule has 0 spiro atoms. The molecule has 2 aromatic rings. The number of aliphatic hydroxyl groups excluding tert-OH is 2. The number of nitrogens with zero attached hydrogens (tertiary/aromatic N) is 2. The molecule has 2 unspecified atom stereocenters. The fraction of sp³-hybridized carbons (Fsp3) is 0.391. The number of carbonyl (C=O) groups excluding carboxylic acids is 1. The van der Waals surface area contributed by atoms with Gasteiger partial charge in [0.15, 0.2) is 0 Å². The summed E-state index contributed by atoms with van der Waals surface area (Å²) in [4.78, 5) is 19.2. The Morgan fingerprint density at radius 3 is 2.70 bits per heavy atom. The third kappa shape index (κ3) is 5.17. The summed E-state index contributed by atoms with van der Waals surface area (Å²) in [6, 6.07) is 10.9. The Bertz CT molecular complexity index is 868.